The summed E-state index contributed by atoms with van der Waals surface area (Å²) in [5, 5.41) is 3.58. The first-order valence-corrected chi connectivity index (χ1v) is 7.24. The fourth-order valence-electron chi connectivity index (χ4n) is 2.56. The summed E-state index contributed by atoms with van der Waals surface area (Å²) in [5.74, 6) is 1.09. The van der Waals surface area contributed by atoms with Gasteiger partial charge in [0.15, 0.2) is 0 Å². The maximum Gasteiger partial charge on any atom is 0.213 e. The summed E-state index contributed by atoms with van der Waals surface area (Å²) >= 11 is 0. The Morgan fingerprint density at radius 1 is 1.29 bits per heavy atom. The van der Waals surface area contributed by atoms with Crippen LogP contribution in [-0.4, -0.2) is 12.1 Å². The molecular formula is C17H19FN2O. The molecule has 110 valence electrons. The van der Waals surface area contributed by atoms with Crippen molar-refractivity contribution >= 4 is 0 Å². The molecular weight excluding hydrogens is 267 g/mol. The van der Waals surface area contributed by atoms with E-state index in [2.05, 4.69) is 10.3 Å². The van der Waals surface area contributed by atoms with Gasteiger partial charge in [-0.05, 0) is 48.1 Å². The summed E-state index contributed by atoms with van der Waals surface area (Å²) in [7, 11) is 1.62. The van der Waals surface area contributed by atoms with Crippen molar-refractivity contribution < 1.29 is 9.13 Å². The zero-order chi connectivity index (χ0) is 14.7. The second-order valence-corrected chi connectivity index (χ2v) is 5.45. The first-order chi connectivity index (χ1) is 10.3. The molecule has 0 spiro atoms. The average molecular weight is 286 g/mol. The highest BCUT2D eigenvalue weighted by atomic mass is 19.1. The van der Waals surface area contributed by atoms with Crippen LogP contribution in [0.3, 0.4) is 0 Å². The Bertz CT molecular complexity index is 596. The minimum Gasteiger partial charge on any atom is -0.481 e. The molecule has 21 heavy (non-hydrogen) atoms. The van der Waals surface area contributed by atoms with E-state index in [1.165, 1.54) is 25.0 Å². The Morgan fingerprint density at radius 2 is 2.05 bits per heavy atom. The zero-order valence-corrected chi connectivity index (χ0v) is 12.1. The molecule has 4 heteroatoms. The molecule has 3 nitrogen and oxygen atoms in total. The third kappa shape index (κ3) is 3.58. The van der Waals surface area contributed by atoms with Gasteiger partial charge in [0.05, 0.1) is 7.11 Å². The molecule has 0 aliphatic heterocycles. The minimum absolute atomic E-state index is 0.188. The number of methoxy groups -OCH3 is 1. The molecule has 0 amide bonds. The number of aromatic nitrogens is 1. The highest BCUT2D eigenvalue weighted by Crippen LogP contribution is 2.41. The van der Waals surface area contributed by atoms with Gasteiger partial charge in [0.1, 0.15) is 5.82 Å². The molecule has 0 bridgehead atoms. The van der Waals surface area contributed by atoms with E-state index < -0.39 is 0 Å². The molecule has 1 aliphatic rings. The van der Waals surface area contributed by atoms with Crippen molar-refractivity contribution in [3.63, 3.8) is 0 Å². The molecule has 0 radical (unpaired) electrons. The maximum absolute atomic E-state index is 13.1. The van der Waals surface area contributed by atoms with E-state index in [0.29, 0.717) is 11.8 Å². The lowest BCUT2D eigenvalue weighted by Crippen LogP contribution is -2.22. The number of hydrogen-bond donors (Lipinski definition) is 1. The lowest BCUT2D eigenvalue weighted by molar-refractivity contribution is 0.396. The Hall–Kier alpha value is -1.94. The van der Waals surface area contributed by atoms with Crippen LogP contribution in [0.5, 0.6) is 5.88 Å². The van der Waals surface area contributed by atoms with E-state index in [1.807, 2.05) is 24.3 Å². The van der Waals surface area contributed by atoms with Gasteiger partial charge < -0.3 is 10.1 Å². The number of hydrogen-bond acceptors (Lipinski definition) is 3. The topological polar surface area (TPSA) is 34.1 Å². The Labute approximate surface area is 124 Å². The highest BCUT2D eigenvalue weighted by Gasteiger charge is 2.31. The zero-order valence-electron chi connectivity index (χ0n) is 12.1. The number of benzene rings is 1. The van der Waals surface area contributed by atoms with Gasteiger partial charge in [0.2, 0.25) is 5.88 Å². The molecule has 1 N–H and O–H groups in total. The molecule has 3 rings (SSSR count). The van der Waals surface area contributed by atoms with Crippen LogP contribution in [0.25, 0.3) is 0 Å². The van der Waals surface area contributed by atoms with Crippen LogP contribution in [0.1, 0.15) is 30.0 Å². The Balaban J connectivity index is 1.69. The van der Waals surface area contributed by atoms with Crippen molar-refractivity contribution in [2.24, 2.45) is 5.92 Å². The lowest BCUT2D eigenvalue weighted by Gasteiger charge is -2.19. The van der Waals surface area contributed by atoms with Crippen molar-refractivity contribution in [3.05, 3.63) is 59.5 Å². The molecule has 0 saturated heterocycles. The van der Waals surface area contributed by atoms with E-state index in [1.54, 1.807) is 13.3 Å². The summed E-state index contributed by atoms with van der Waals surface area (Å²) < 4.78 is 18.2. The van der Waals surface area contributed by atoms with Gasteiger partial charge in [-0.3, -0.25) is 0 Å². The van der Waals surface area contributed by atoms with Crippen LogP contribution in [0.15, 0.2) is 42.6 Å². The molecule has 1 atom stereocenters. The monoisotopic (exact) mass is 286 g/mol. The first-order valence-electron chi connectivity index (χ1n) is 7.24. The number of nitrogens with zero attached hydrogens (tertiary/aromatic N) is 1. The van der Waals surface area contributed by atoms with Crippen LogP contribution < -0.4 is 10.1 Å². The highest BCUT2D eigenvalue weighted by molar-refractivity contribution is 5.24. The van der Waals surface area contributed by atoms with E-state index in [-0.39, 0.29) is 11.9 Å². The number of halogens is 1. The number of ether oxygens (including phenoxy) is 1. The molecule has 1 aromatic heterocycles. The largest absolute Gasteiger partial charge is 0.481 e. The second-order valence-electron chi connectivity index (χ2n) is 5.45. The maximum atomic E-state index is 13.1. The van der Waals surface area contributed by atoms with Crippen LogP contribution >= 0.6 is 0 Å². The molecule has 1 aliphatic carbocycles. The van der Waals surface area contributed by atoms with Gasteiger partial charge in [0.25, 0.3) is 0 Å². The van der Waals surface area contributed by atoms with Crippen molar-refractivity contribution in [2.75, 3.05) is 7.11 Å². The van der Waals surface area contributed by atoms with E-state index in [4.69, 9.17) is 4.74 Å². The van der Waals surface area contributed by atoms with Crippen molar-refractivity contribution in [1.29, 1.82) is 0 Å². The third-order valence-corrected chi connectivity index (χ3v) is 3.86. The Morgan fingerprint density at radius 3 is 2.71 bits per heavy atom. The molecule has 1 fully saturated rings. The van der Waals surface area contributed by atoms with Crippen molar-refractivity contribution in [3.8, 4) is 5.88 Å². The first kappa shape index (κ1) is 14.0. The molecule has 1 heterocycles. The predicted octanol–water partition coefficient (Wildman–Crippen LogP) is 3.47. The summed E-state index contributed by atoms with van der Waals surface area (Å²) in [6.45, 7) is 0.747. The summed E-state index contributed by atoms with van der Waals surface area (Å²) in [5.41, 5.74) is 2.29. The van der Waals surface area contributed by atoms with Gasteiger partial charge >= 0.3 is 0 Å². The SMILES string of the molecule is COc1cc(CNC(c2ccc(F)cc2)C2CC2)ccn1. The average Bonchev–Trinajstić information content (AvgIpc) is 3.34. The number of rotatable bonds is 6. The van der Waals surface area contributed by atoms with Gasteiger partial charge in [-0.2, -0.15) is 0 Å². The smallest absolute Gasteiger partial charge is 0.213 e. The van der Waals surface area contributed by atoms with Gasteiger partial charge in [0, 0.05) is 24.8 Å². The van der Waals surface area contributed by atoms with E-state index >= 15 is 0 Å². The summed E-state index contributed by atoms with van der Waals surface area (Å²) in [4.78, 5) is 4.11. The van der Waals surface area contributed by atoms with Crippen LogP contribution in [0.4, 0.5) is 4.39 Å². The Kier molecular flexibility index (Phi) is 4.15. The quantitative estimate of drug-likeness (QED) is 0.883. The van der Waals surface area contributed by atoms with Crippen LogP contribution in [-0.2, 0) is 6.54 Å². The fraction of sp³-hybridized carbons (Fsp3) is 0.353. The van der Waals surface area contributed by atoms with Crippen LogP contribution in [0, 0.1) is 11.7 Å². The van der Waals surface area contributed by atoms with Gasteiger partial charge in [-0.1, -0.05) is 12.1 Å². The van der Waals surface area contributed by atoms with E-state index in [0.717, 1.165) is 17.7 Å². The van der Waals surface area contributed by atoms with Gasteiger partial charge in [-0.15, -0.1) is 0 Å². The number of nitrogens with one attached hydrogen (secondary N) is 1. The second kappa shape index (κ2) is 6.22. The summed E-state index contributed by atoms with van der Waals surface area (Å²) in [6.07, 6.45) is 4.21. The van der Waals surface area contributed by atoms with Crippen molar-refractivity contribution in [1.82, 2.24) is 10.3 Å². The standard InChI is InChI=1S/C17H19FN2O/c1-21-16-10-12(8-9-19-16)11-20-17(13-2-3-13)14-4-6-15(18)7-5-14/h4-10,13,17,20H,2-3,11H2,1H3. The van der Waals surface area contributed by atoms with Crippen LogP contribution in [0.2, 0.25) is 0 Å². The third-order valence-electron chi connectivity index (χ3n) is 3.86. The molecule has 1 aromatic carbocycles. The van der Waals surface area contributed by atoms with Crippen molar-refractivity contribution in [2.45, 2.75) is 25.4 Å². The van der Waals surface area contributed by atoms with Gasteiger partial charge in [-0.25, -0.2) is 9.37 Å². The predicted molar refractivity (Wildman–Crippen MR) is 79.5 cm³/mol. The molecule has 2 aromatic rings. The molecule has 1 unspecified atom stereocenters. The normalized spacial score (nSPS) is 15.7. The lowest BCUT2D eigenvalue weighted by atomic mass is 10.0. The minimum atomic E-state index is -0.188. The van der Waals surface area contributed by atoms with E-state index in [9.17, 15) is 4.39 Å². The fourth-order valence-corrected chi connectivity index (χ4v) is 2.56. The molecule has 1 saturated carbocycles. The summed E-state index contributed by atoms with van der Waals surface area (Å²) in [6, 6.07) is 11.0. The number of pyridine rings is 1.